The third-order valence-corrected chi connectivity index (χ3v) is 6.28. The summed E-state index contributed by atoms with van der Waals surface area (Å²) in [6.07, 6.45) is 5.30. The van der Waals surface area contributed by atoms with Crippen molar-refractivity contribution in [2.75, 3.05) is 5.32 Å². The summed E-state index contributed by atoms with van der Waals surface area (Å²) in [5, 5.41) is 16.8. The van der Waals surface area contributed by atoms with Crippen molar-refractivity contribution >= 4 is 17.2 Å². The number of carbonyl (C=O) groups excluding carboxylic acids is 1. The SMILES string of the molecule is Cc1ccc(-c2noc([C@H]3C[C@H]3F)n2)cc1NC(=O)c1cnc2cc(CCCC(C)(C)O)ccn12. The molecule has 4 aromatic rings. The Hall–Kier alpha value is -3.59. The van der Waals surface area contributed by atoms with Crippen LogP contribution in [0.25, 0.3) is 17.0 Å². The lowest BCUT2D eigenvalue weighted by Gasteiger charge is -2.16. The van der Waals surface area contributed by atoms with Gasteiger partial charge in [0.25, 0.3) is 5.91 Å². The van der Waals surface area contributed by atoms with E-state index >= 15 is 0 Å². The van der Waals surface area contributed by atoms with Gasteiger partial charge in [0.2, 0.25) is 11.7 Å². The zero-order valence-electron chi connectivity index (χ0n) is 20.0. The molecule has 1 aliphatic rings. The molecule has 35 heavy (non-hydrogen) atoms. The minimum Gasteiger partial charge on any atom is -0.390 e. The van der Waals surface area contributed by atoms with Crippen molar-refractivity contribution in [3.8, 4) is 11.4 Å². The summed E-state index contributed by atoms with van der Waals surface area (Å²) >= 11 is 0. The number of alkyl halides is 1. The molecule has 1 aliphatic carbocycles. The van der Waals surface area contributed by atoms with Crippen LogP contribution in [0.15, 0.2) is 47.2 Å². The fourth-order valence-electron chi connectivity index (χ4n) is 4.08. The molecule has 0 unspecified atom stereocenters. The van der Waals surface area contributed by atoms with E-state index in [0.717, 1.165) is 24.0 Å². The van der Waals surface area contributed by atoms with E-state index in [2.05, 4.69) is 20.4 Å². The van der Waals surface area contributed by atoms with E-state index in [1.807, 2.05) is 37.4 Å². The Labute approximate surface area is 202 Å². The van der Waals surface area contributed by atoms with Crippen molar-refractivity contribution in [1.29, 1.82) is 0 Å². The number of nitrogens with zero attached hydrogens (tertiary/aromatic N) is 4. The molecule has 3 aromatic heterocycles. The van der Waals surface area contributed by atoms with Crippen LogP contribution in [0.1, 0.15) is 66.5 Å². The lowest BCUT2D eigenvalue weighted by atomic mass is 9.99. The third kappa shape index (κ3) is 5.09. The summed E-state index contributed by atoms with van der Waals surface area (Å²) in [6, 6.07) is 9.42. The zero-order chi connectivity index (χ0) is 24.7. The number of rotatable bonds is 8. The highest BCUT2D eigenvalue weighted by atomic mass is 19.1. The number of aromatic nitrogens is 4. The Morgan fingerprint density at radius 2 is 2.11 bits per heavy atom. The molecular weight excluding hydrogens is 449 g/mol. The van der Waals surface area contributed by atoms with Gasteiger partial charge in [-0.2, -0.15) is 4.98 Å². The lowest BCUT2D eigenvalue weighted by molar-refractivity contribution is 0.0689. The van der Waals surface area contributed by atoms with Crippen LogP contribution < -0.4 is 5.32 Å². The summed E-state index contributed by atoms with van der Waals surface area (Å²) in [4.78, 5) is 21.8. The van der Waals surface area contributed by atoms with Gasteiger partial charge in [0.05, 0.1) is 17.7 Å². The van der Waals surface area contributed by atoms with Crippen molar-refractivity contribution in [2.24, 2.45) is 0 Å². The Kier molecular flexibility index (Phi) is 5.88. The molecule has 1 saturated carbocycles. The van der Waals surface area contributed by atoms with Gasteiger partial charge < -0.3 is 14.9 Å². The first-order chi connectivity index (χ1) is 16.7. The number of carbonyl (C=O) groups is 1. The number of fused-ring (bicyclic) bond motifs is 1. The van der Waals surface area contributed by atoms with Crippen LogP contribution in [0.4, 0.5) is 10.1 Å². The average molecular weight is 478 g/mol. The van der Waals surface area contributed by atoms with E-state index in [-0.39, 0.29) is 11.8 Å². The molecule has 0 spiro atoms. The molecule has 2 atom stereocenters. The van der Waals surface area contributed by atoms with Crippen molar-refractivity contribution < 1.29 is 18.8 Å². The third-order valence-electron chi connectivity index (χ3n) is 6.28. The quantitative estimate of drug-likeness (QED) is 0.375. The van der Waals surface area contributed by atoms with Crippen LogP contribution in [-0.2, 0) is 6.42 Å². The standard InChI is InChI=1S/C26H28FN5O3/c1-15-6-7-17(23-30-25(35-31-23)18-13-19(18)27)12-20(15)29-24(33)21-14-28-22-11-16(8-10-32(21)22)5-4-9-26(2,3)34/h6-8,10-12,14,18-19,34H,4-5,9,13H2,1-3H3,(H,29,33)/t18-,19+/m0/s1. The summed E-state index contributed by atoms with van der Waals surface area (Å²) in [5.74, 6) is 0.0722. The maximum atomic E-state index is 13.3. The van der Waals surface area contributed by atoms with Gasteiger partial charge in [0, 0.05) is 17.4 Å². The van der Waals surface area contributed by atoms with E-state index in [1.165, 1.54) is 0 Å². The molecular formula is C26H28FN5O3. The summed E-state index contributed by atoms with van der Waals surface area (Å²) in [6.45, 7) is 5.51. The molecule has 3 heterocycles. The number of amides is 1. The van der Waals surface area contributed by atoms with Crippen molar-refractivity contribution in [3.63, 3.8) is 0 Å². The molecule has 0 aliphatic heterocycles. The monoisotopic (exact) mass is 477 g/mol. The van der Waals surface area contributed by atoms with Gasteiger partial charge in [-0.1, -0.05) is 17.3 Å². The minimum absolute atomic E-state index is 0.292. The summed E-state index contributed by atoms with van der Waals surface area (Å²) in [7, 11) is 0. The molecule has 1 fully saturated rings. The highest BCUT2D eigenvalue weighted by Gasteiger charge is 2.43. The van der Waals surface area contributed by atoms with E-state index < -0.39 is 11.8 Å². The number of hydrogen-bond donors (Lipinski definition) is 2. The topological polar surface area (TPSA) is 106 Å². The second-order valence-electron chi connectivity index (χ2n) is 9.87. The van der Waals surface area contributed by atoms with Crippen LogP contribution in [0.3, 0.4) is 0 Å². The maximum Gasteiger partial charge on any atom is 0.274 e. The van der Waals surface area contributed by atoms with E-state index in [4.69, 9.17) is 4.52 Å². The number of nitrogens with one attached hydrogen (secondary N) is 1. The number of anilines is 1. The first kappa shape index (κ1) is 23.2. The summed E-state index contributed by atoms with van der Waals surface area (Å²) in [5.41, 5.74) is 3.69. The largest absolute Gasteiger partial charge is 0.390 e. The molecule has 1 amide bonds. The Morgan fingerprint density at radius 1 is 1.31 bits per heavy atom. The summed E-state index contributed by atoms with van der Waals surface area (Å²) < 4.78 is 20.3. The predicted molar refractivity (Wildman–Crippen MR) is 129 cm³/mol. The van der Waals surface area contributed by atoms with Crippen LogP contribution in [0.2, 0.25) is 0 Å². The minimum atomic E-state index is -0.912. The van der Waals surface area contributed by atoms with Gasteiger partial charge in [-0.05, 0) is 75.8 Å². The second kappa shape index (κ2) is 8.88. The predicted octanol–water partition coefficient (Wildman–Crippen LogP) is 4.86. The fourth-order valence-corrected chi connectivity index (χ4v) is 4.08. The van der Waals surface area contributed by atoms with Crippen LogP contribution in [0, 0.1) is 6.92 Å². The molecule has 182 valence electrons. The molecule has 0 bridgehead atoms. The average Bonchev–Trinajstić information content (AvgIpc) is 3.19. The maximum absolute atomic E-state index is 13.3. The van der Waals surface area contributed by atoms with Crippen LogP contribution in [0.5, 0.6) is 0 Å². The molecule has 8 nitrogen and oxygen atoms in total. The smallest absolute Gasteiger partial charge is 0.274 e. The fraction of sp³-hybridized carbons (Fsp3) is 0.385. The van der Waals surface area contributed by atoms with E-state index in [0.29, 0.717) is 47.1 Å². The Morgan fingerprint density at radius 3 is 2.86 bits per heavy atom. The number of aliphatic hydroxyl groups is 1. The normalized spacial score (nSPS) is 17.6. The van der Waals surface area contributed by atoms with Crippen molar-refractivity contribution in [2.45, 2.75) is 64.1 Å². The number of halogens is 1. The first-order valence-electron chi connectivity index (χ1n) is 11.8. The second-order valence-corrected chi connectivity index (χ2v) is 9.87. The van der Waals surface area contributed by atoms with Gasteiger partial charge in [-0.3, -0.25) is 9.20 Å². The molecule has 5 rings (SSSR count). The number of benzene rings is 1. The van der Waals surface area contributed by atoms with E-state index in [9.17, 15) is 14.3 Å². The lowest BCUT2D eigenvalue weighted by Crippen LogP contribution is -2.18. The Bertz CT molecular complexity index is 1390. The van der Waals surface area contributed by atoms with Gasteiger partial charge in [-0.15, -0.1) is 0 Å². The van der Waals surface area contributed by atoms with Crippen LogP contribution >= 0.6 is 0 Å². The van der Waals surface area contributed by atoms with Crippen molar-refractivity contribution in [1.82, 2.24) is 19.5 Å². The van der Waals surface area contributed by atoms with Gasteiger partial charge in [0.1, 0.15) is 17.5 Å². The number of aryl methyl sites for hydroxylation is 2. The number of hydrogen-bond acceptors (Lipinski definition) is 6. The molecule has 1 aromatic carbocycles. The molecule has 9 heteroatoms. The highest BCUT2D eigenvalue weighted by molar-refractivity contribution is 6.04. The van der Waals surface area contributed by atoms with Gasteiger partial charge in [0.15, 0.2) is 0 Å². The van der Waals surface area contributed by atoms with Crippen LogP contribution in [-0.4, -0.2) is 42.3 Å². The molecule has 0 radical (unpaired) electrons. The van der Waals surface area contributed by atoms with E-state index in [1.54, 1.807) is 30.5 Å². The number of imidazole rings is 1. The number of pyridine rings is 1. The van der Waals surface area contributed by atoms with Gasteiger partial charge >= 0.3 is 0 Å². The first-order valence-corrected chi connectivity index (χ1v) is 11.8. The Balaban J connectivity index is 1.31. The molecule has 0 saturated heterocycles. The molecule has 2 N–H and O–H groups in total. The zero-order valence-corrected chi connectivity index (χ0v) is 20.0. The van der Waals surface area contributed by atoms with Gasteiger partial charge in [-0.25, -0.2) is 9.37 Å². The highest BCUT2D eigenvalue weighted by Crippen LogP contribution is 2.43. The van der Waals surface area contributed by atoms with Crippen molar-refractivity contribution in [3.05, 3.63) is 65.4 Å².